The summed E-state index contributed by atoms with van der Waals surface area (Å²) >= 11 is 0. The Hall–Kier alpha value is -0.950. The van der Waals surface area contributed by atoms with Crippen molar-refractivity contribution in [1.82, 2.24) is 19.6 Å². The van der Waals surface area contributed by atoms with Gasteiger partial charge >= 0.3 is 0 Å². The third kappa shape index (κ3) is 4.14. The first kappa shape index (κ1) is 19.8. The lowest BCUT2D eigenvalue weighted by atomic mass is 9.69. The van der Waals surface area contributed by atoms with Gasteiger partial charge in [0.25, 0.3) is 0 Å². The summed E-state index contributed by atoms with van der Waals surface area (Å²) in [5.41, 5.74) is 1.81. The molecular formula is C20H36N4O2. The molecule has 0 amide bonds. The number of aliphatic hydroxyl groups is 1. The van der Waals surface area contributed by atoms with Gasteiger partial charge < -0.3 is 9.84 Å². The summed E-state index contributed by atoms with van der Waals surface area (Å²) in [5.74, 6) is 0. The zero-order chi connectivity index (χ0) is 18.8. The molecule has 1 N–H and O–H groups in total. The van der Waals surface area contributed by atoms with Crippen LogP contribution in [-0.2, 0) is 17.8 Å². The van der Waals surface area contributed by atoms with Crippen molar-refractivity contribution in [2.24, 2.45) is 5.41 Å². The van der Waals surface area contributed by atoms with E-state index in [0.29, 0.717) is 0 Å². The van der Waals surface area contributed by atoms with Gasteiger partial charge in [-0.3, -0.25) is 14.5 Å². The lowest BCUT2D eigenvalue weighted by Gasteiger charge is -2.52. The third-order valence-corrected chi connectivity index (χ3v) is 6.34. The summed E-state index contributed by atoms with van der Waals surface area (Å²) < 4.78 is 7.56. The molecule has 6 heteroatoms. The number of hydrogen-bond acceptors (Lipinski definition) is 5. The molecule has 148 valence electrons. The Morgan fingerprint density at radius 1 is 1.19 bits per heavy atom. The molecule has 0 bridgehead atoms. The molecule has 3 rings (SSSR count). The molecule has 0 spiro atoms. The Balaban J connectivity index is 1.62. The Morgan fingerprint density at radius 3 is 2.58 bits per heavy atom. The standard InChI is InChI=1S/C20H36N4O2/c1-5-7-24-17(2)18(13-21-24)14-23-8-6-20(25,19(3,4)15-23)16-22-9-11-26-12-10-22/h13,25H,5-12,14-16H2,1-4H3/t20-/m1/s1. The van der Waals surface area contributed by atoms with Gasteiger partial charge in [0, 0.05) is 62.5 Å². The van der Waals surface area contributed by atoms with Crippen LogP contribution in [0.1, 0.15) is 44.9 Å². The van der Waals surface area contributed by atoms with Crippen LogP contribution in [0.25, 0.3) is 0 Å². The van der Waals surface area contributed by atoms with Crippen LogP contribution in [0, 0.1) is 12.3 Å². The minimum absolute atomic E-state index is 0.142. The van der Waals surface area contributed by atoms with Crippen LogP contribution >= 0.6 is 0 Å². The number of likely N-dealkylation sites (tertiary alicyclic amines) is 1. The van der Waals surface area contributed by atoms with Crippen molar-refractivity contribution in [3.8, 4) is 0 Å². The van der Waals surface area contributed by atoms with Crippen molar-refractivity contribution in [3.63, 3.8) is 0 Å². The minimum atomic E-state index is -0.637. The predicted molar refractivity (Wildman–Crippen MR) is 103 cm³/mol. The Labute approximate surface area is 158 Å². The fourth-order valence-electron chi connectivity index (χ4n) is 4.34. The van der Waals surface area contributed by atoms with Crippen molar-refractivity contribution in [3.05, 3.63) is 17.5 Å². The van der Waals surface area contributed by atoms with Crippen LogP contribution in [0.15, 0.2) is 6.20 Å². The number of aromatic nitrogens is 2. The zero-order valence-electron chi connectivity index (χ0n) is 17.0. The van der Waals surface area contributed by atoms with Gasteiger partial charge in [0.1, 0.15) is 0 Å². The lowest BCUT2D eigenvalue weighted by molar-refractivity contribution is -0.140. The highest BCUT2D eigenvalue weighted by atomic mass is 16.5. The van der Waals surface area contributed by atoms with E-state index < -0.39 is 5.60 Å². The highest BCUT2D eigenvalue weighted by Gasteiger charge is 2.48. The number of ether oxygens (including phenoxy) is 1. The van der Waals surface area contributed by atoms with Gasteiger partial charge in [-0.1, -0.05) is 20.8 Å². The largest absolute Gasteiger partial charge is 0.388 e. The molecule has 2 fully saturated rings. The maximum atomic E-state index is 11.4. The summed E-state index contributed by atoms with van der Waals surface area (Å²) in [6, 6.07) is 0. The van der Waals surface area contributed by atoms with E-state index >= 15 is 0 Å². The first-order chi connectivity index (χ1) is 12.3. The van der Waals surface area contributed by atoms with Crippen molar-refractivity contribution in [2.45, 2.75) is 59.2 Å². The normalized spacial score (nSPS) is 27.7. The van der Waals surface area contributed by atoms with Crippen LogP contribution in [0.2, 0.25) is 0 Å². The predicted octanol–water partition coefficient (Wildman–Crippen LogP) is 1.90. The molecule has 0 aromatic carbocycles. The third-order valence-electron chi connectivity index (χ3n) is 6.34. The van der Waals surface area contributed by atoms with E-state index in [9.17, 15) is 5.11 Å². The fraction of sp³-hybridized carbons (Fsp3) is 0.850. The van der Waals surface area contributed by atoms with Gasteiger partial charge in [-0.25, -0.2) is 0 Å². The molecule has 1 aromatic heterocycles. The Bertz CT molecular complexity index is 595. The van der Waals surface area contributed by atoms with Crippen LogP contribution in [0.5, 0.6) is 0 Å². The van der Waals surface area contributed by atoms with Gasteiger partial charge in [0.2, 0.25) is 0 Å². The molecular weight excluding hydrogens is 328 g/mol. The molecule has 0 aliphatic carbocycles. The average molecular weight is 365 g/mol. The van der Waals surface area contributed by atoms with Gasteiger partial charge in [-0.2, -0.15) is 5.10 Å². The number of morpholine rings is 1. The Morgan fingerprint density at radius 2 is 1.92 bits per heavy atom. The van der Waals surface area contributed by atoms with Gasteiger partial charge in [-0.05, 0) is 19.8 Å². The molecule has 1 atom stereocenters. The molecule has 0 radical (unpaired) electrons. The molecule has 26 heavy (non-hydrogen) atoms. The van der Waals surface area contributed by atoms with E-state index in [1.165, 1.54) is 11.3 Å². The van der Waals surface area contributed by atoms with Gasteiger partial charge in [0.05, 0.1) is 25.0 Å². The van der Waals surface area contributed by atoms with E-state index in [-0.39, 0.29) is 5.41 Å². The van der Waals surface area contributed by atoms with Crippen LogP contribution in [0.4, 0.5) is 0 Å². The number of rotatable bonds is 6. The summed E-state index contributed by atoms with van der Waals surface area (Å²) in [6.07, 6.45) is 3.94. The molecule has 2 aliphatic rings. The molecule has 1 aromatic rings. The number of nitrogens with zero attached hydrogens (tertiary/aromatic N) is 4. The smallest absolute Gasteiger partial charge is 0.0849 e. The maximum absolute atomic E-state index is 11.4. The number of β-amino-alcohol motifs (C(OH)–C–C–N with tert-alkyl or cyclic N) is 1. The SMILES string of the molecule is CCCn1ncc(CN2CC[C@@](O)(CN3CCOCC3)C(C)(C)C2)c1C. The summed E-state index contributed by atoms with van der Waals surface area (Å²) in [4.78, 5) is 4.84. The lowest BCUT2D eigenvalue weighted by Crippen LogP contribution is -2.62. The summed E-state index contributed by atoms with van der Waals surface area (Å²) in [5, 5.41) is 16.0. The van der Waals surface area contributed by atoms with Gasteiger partial charge in [-0.15, -0.1) is 0 Å². The van der Waals surface area contributed by atoms with Crippen LogP contribution in [0.3, 0.4) is 0 Å². The highest BCUT2D eigenvalue weighted by Crippen LogP contribution is 2.40. The van der Waals surface area contributed by atoms with Crippen molar-refractivity contribution in [2.75, 3.05) is 45.9 Å². The molecule has 0 unspecified atom stereocenters. The monoisotopic (exact) mass is 364 g/mol. The molecule has 3 heterocycles. The van der Waals surface area contributed by atoms with Crippen molar-refractivity contribution >= 4 is 0 Å². The quantitative estimate of drug-likeness (QED) is 0.835. The van der Waals surface area contributed by atoms with Gasteiger partial charge in [0.15, 0.2) is 0 Å². The van der Waals surface area contributed by atoms with Crippen molar-refractivity contribution < 1.29 is 9.84 Å². The van der Waals surface area contributed by atoms with E-state index in [4.69, 9.17) is 4.74 Å². The molecule has 2 saturated heterocycles. The fourth-order valence-corrected chi connectivity index (χ4v) is 4.34. The molecule has 0 saturated carbocycles. The second kappa shape index (κ2) is 7.97. The molecule has 6 nitrogen and oxygen atoms in total. The Kier molecular flexibility index (Phi) is 6.07. The molecule has 2 aliphatic heterocycles. The van der Waals surface area contributed by atoms with Crippen LogP contribution < -0.4 is 0 Å². The first-order valence-corrected chi connectivity index (χ1v) is 10.1. The second-order valence-electron chi connectivity index (χ2n) is 8.74. The number of piperidine rings is 1. The number of hydrogen-bond donors (Lipinski definition) is 1. The van der Waals surface area contributed by atoms with Crippen LogP contribution in [-0.4, -0.2) is 76.2 Å². The summed E-state index contributed by atoms with van der Waals surface area (Å²) in [7, 11) is 0. The van der Waals surface area contributed by atoms with E-state index in [1.807, 2.05) is 6.20 Å². The minimum Gasteiger partial charge on any atom is -0.388 e. The zero-order valence-corrected chi connectivity index (χ0v) is 17.0. The number of aryl methyl sites for hydroxylation is 1. The highest BCUT2D eigenvalue weighted by molar-refractivity contribution is 5.16. The maximum Gasteiger partial charge on any atom is 0.0849 e. The topological polar surface area (TPSA) is 53.8 Å². The van der Waals surface area contributed by atoms with E-state index in [1.54, 1.807) is 0 Å². The average Bonchev–Trinajstić information content (AvgIpc) is 2.93. The van der Waals surface area contributed by atoms with E-state index in [0.717, 1.165) is 71.9 Å². The summed E-state index contributed by atoms with van der Waals surface area (Å²) in [6.45, 7) is 16.7. The second-order valence-corrected chi connectivity index (χ2v) is 8.74. The first-order valence-electron chi connectivity index (χ1n) is 10.1. The van der Waals surface area contributed by atoms with Crippen molar-refractivity contribution in [1.29, 1.82) is 0 Å². The van der Waals surface area contributed by atoms with E-state index in [2.05, 4.69) is 47.3 Å².